The SMILES string of the molecule is O=C1CCCC=CC[C@H](CC(=O)N2CCC[C@H]2CO)C(=O)N[C@@H](CSCc2ccccc2)CO1. The fourth-order valence-electron chi connectivity index (χ4n) is 4.32. The Balaban J connectivity index is 1.64. The maximum Gasteiger partial charge on any atom is 0.305 e. The van der Waals surface area contributed by atoms with Crippen LogP contribution >= 0.6 is 11.8 Å². The topological polar surface area (TPSA) is 95.9 Å². The van der Waals surface area contributed by atoms with Crippen molar-refractivity contribution in [2.45, 2.75) is 62.8 Å². The van der Waals surface area contributed by atoms with Crippen LogP contribution in [0.4, 0.5) is 0 Å². The van der Waals surface area contributed by atoms with Crippen LogP contribution in [0.25, 0.3) is 0 Å². The number of rotatable bonds is 7. The molecule has 2 amide bonds. The van der Waals surface area contributed by atoms with Crippen LogP contribution in [0.3, 0.4) is 0 Å². The largest absolute Gasteiger partial charge is 0.463 e. The van der Waals surface area contributed by atoms with Crippen molar-refractivity contribution in [3.05, 3.63) is 48.0 Å². The molecule has 0 aliphatic carbocycles. The summed E-state index contributed by atoms with van der Waals surface area (Å²) in [5.74, 6) is 0.360. The van der Waals surface area contributed by atoms with Gasteiger partial charge in [0, 0.05) is 30.9 Å². The summed E-state index contributed by atoms with van der Waals surface area (Å²) in [4.78, 5) is 40.0. The molecule has 3 rings (SSSR count). The first kappa shape index (κ1) is 26.3. The van der Waals surface area contributed by atoms with Crippen molar-refractivity contribution in [1.82, 2.24) is 10.2 Å². The highest BCUT2D eigenvalue weighted by molar-refractivity contribution is 7.98. The second-order valence-corrected chi connectivity index (χ2v) is 9.99. The van der Waals surface area contributed by atoms with Gasteiger partial charge >= 0.3 is 5.97 Å². The van der Waals surface area contributed by atoms with Gasteiger partial charge in [-0.3, -0.25) is 14.4 Å². The summed E-state index contributed by atoms with van der Waals surface area (Å²) in [5, 5.41) is 12.6. The summed E-state index contributed by atoms with van der Waals surface area (Å²) >= 11 is 1.67. The predicted molar refractivity (Wildman–Crippen MR) is 133 cm³/mol. The summed E-state index contributed by atoms with van der Waals surface area (Å²) in [6.07, 6.45) is 7.92. The first-order valence-electron chi connectivity index (χ1n) is 12.2. The molecule has 2 N–H and O–H groups in total. The van der Waals surface area contributed by atoms with E-state index in [1.807, 2.05) is 30.4 Å². The lowest BCUT2D eigenvalue weighted by Crippen LogP contribution is -2.45. The number of carbonyl (C=O) groups is 3. The molecule has 0 saturated carbocycles. The van der Waals surface area contributed by atoms with Crippen LogP contribution in [0.1, 0.15) is 50.5 Å². The first-order chi connectivity index (χ1) is 16.6. The molecular weight excluding hydrogens is 452 g/mol. The minimum atomic E-state index is -0.498. The Morgan fingerprint density at radius 2 is 2.00 bits per heavy atom. The molecule has 186 valence electrons. The third kappa shape index (κ3) is 8.47. The number of likely N-dealkylation sites (tertiary alicyclic amines) is 1. The smallest absolute Gasteiger partial charge is 0.305 e. The average Bonchev–Trinajstić information content (AvgIpc) is 3.33. The number of ether oxygens (including phenoxy) is 1. The number of allylic oxidation sites excluding steroid dienone is 2. The van der Waals surface area contributed by atoms with Crippen LogP contribution in [-0.4, -0.2) is 65.4 Å². The van der Waals surface area contributed by atoms with E-state index in [0.717, 1.165) is 25.0 Å². The van der Waals surface area contributed by atoms with Gasteiger partial charge in [-0.25, -0.2) is 0 Å². The van der Waals surface area contributed by atoms with Gasteiger partial charge in [0.05, 0.1) is 24.6 Å². The quantitative estimate of drug-likeness (QED) is 0.452. The second-order valence-electron chi connectivity index (χ2n) is 8.96. The number of aliphatic hydroxyl groups excluding tert-OH is 1. The minimum absolute atomic E-state index is 0.0470. The van der Waals surface area contributed by atoms with Crippen molar-refractivity contribution in [2.75, 3.05) is 25.5 Å². The number of nitrogens with one attached hydrogen (secondary N) is 1. The van der Waals surface area contributed by atoms with Gasteiger partial charge in [-0.15, -0.1) is 0 Å². The third-order valence-electron chi connectivity index (χ3n) is 6.26. The Bertz CT molecular complexity index is 832. The Labute approximate surface area is 206 Å². The van der Waals surface area contributed by atoms with Crippen molar-refractivity contribution < 1.29 is 24.2 Å². The molecule has 2 aliphatic rings. The Hall–Kier alpha value is -2.32. The highest BCUT2D eigenvalue weighted by atomic mass is 32.2. The van der Waals surface area contributed by atoms with E-state index in [2.05, 4.69) is 17.4 Å². The Kier molecular flexibility index (Phi) is 11.0. The maximum atomic E-state index is 13.2. The number of hydrogen-bond donors (Lipinski definition) is 2. The number of carbonyl (C=O) groups excluding carboxylic acids is 3. The molecule has 1 aromatic carbocycles. The lowest BCUT2D eigenvalue weighted by molar-refractivity contribution is -0.145. The molecule has 0 unspecified atom stereocenters. The fourth-order valence-corrected chi connectivity index (χ4v) is 5.33. The molecule has 0 radical (unpaired) electrons. The van der Waals surface area contributed by atoms with Crippen molar-refractivity contribution in [2.24, 2.45) is 5.92 Å². The summed E-state index contributed by atoms with van der Waals surface area (Å²) < 4.78 is 5.45. The van der Waals surface area contributed by atoms with Crippen LogP contribution in [0.2, 0.25) is 0 Å². The molecule has 8 heteroatoms. The van der Waals surface area contributed by atoms with E-state index in [1.165, 1.54) is 5.56 Å². The number of esters is 1. The van der Waals surface area contributed by atoms with Crippen molar-refractivity contribution >= 4 is 29.5 Å². The standard InChI is InChI=1S/C26H36N2O5S/c29-16-23-12-8-14-28(23)24(30)15-21-11-6-1-2-7-13-25(31)33-17-22(27-26(21)32)19-34-18-20-9-4-3-5-10-20/h1,3-6,9-10,21-23,29H,2,7-8,11-19H2,(H,27,32)/t21-,22-,23+/m1/s1. The Morgan fingerprint density at radius 1 is 1.18 bits per heavy atom. The van der Waals surface area contributed by atoms with Crippen LogP contribution in [0.5, 0.6) is 0 Å². The van der Waals surface area contributed by atoms with Gasteiger partial charge in [-0.1, -0.05) is 42.5 Å². The minimum Gasteiger partial charge on any atom is -0.463 e. The highest BCUT2D eigenvalue weighted by Crippen LogP contribution is 2.22. The summed E-state index contributed by atoms with van der Waals surface area (Å²) in [7, 11) is 0. The normalized spacial score (nSPS) is 24.5. The predicted octanol–water partition coefficient (Wildman–Crippen LogP) is 3.07. The number of hydrogen-bond acceptors (Lipinski definition) is 6. The first-order valence-corrected chi connectivity index (χ1v) is 13.3. The maximum absolute atomic E-state index is 13.2. The average molecular weight is 489 g/mol. The Morgan fingerprint density at radius 3 is 2.79 bits per heavy atom. The summed E-state index contributed by atoms with van der Waals surface area (Å²) in [6, 6.07) is 9.60. The zero-order valence-electron chi connectivity index (χ0n) is 19.7. The molecule has 0 bridgehead atoms. The molecule has 1 aromatic rings. The molecule has 1 saturated heterocycles. The summed E-state index contributed by atoms with van der Waals surface area (Å²) in [5.41, 5.74) is 1.19. The van der Waals surface area contributed by atoms with Crippen molar-refractivity contribution in [1.29, 1.82) is 0 Å². The molecule has 2 heterocycles. The number of cyclic esters (lactones) is 1. The zero-order chi connectivity index (χ0) is 24.2. The zero-order valence-corrected chi connectivity index (χ0v) is 20.5. The molecule has 0 aromatic heterocycles. The number of thioether (sulfide) groups is 1. The lowest BCUT2D eigenvalue weighted by Gasteiger charge is -2.26. The molecular formula is C26H36N2O5S. The van der Waals surface area contributed by atoms with E-state index in [-0.39, 0.29) is 49.5 Å². The number of benzene rings is 1. The van der Waals surface area contributed by atoms with Crippen molar-refractivity contribution in [3.8, 4) is 0 Å². The molecule has 1 fully saturated rings. The third-order valence-corrected chi connectivity index (χ3v) is 7.44. The number of amides is 2. The number of nitrogens with zero attached hydrogens (tertiary/aromatic N) is 1. The molecule has 7 nitrogen and oxygen atoms in total. The van der Waals surface area contributed by atoms with Gasteiger partial charge < -0.3 is 20.1 Å². The molecule has 34 heavy (non-hydrogen) atoms. The van der Waals surface area contributed by atoms with Crippen LogP contribution in [0, 0.1) is 5.92 Å². The van der Waals surface area contributed by atoms with E-state index in [9.17, 15) is 19.5 Å². The number of aliphatic hydroxyl groups is 1. The van der Waals surface area contributed by atoms with Gasteiger partial charge in [0.25, 0.3) is 0 Å². The lowest BCUT2D eigenvalue weighted by atomic mass is 9.98. The van der Waals surface area contributed by atoms with Gasteiger partial charge in [0.1, 0.15) is 6.61 Å². The van der Waals surface area contributed by atoms with E-state index in [0.29, 0.717) is 31.6 Å². The van der Waals surface area contributed by atoms with Crippen LogP contribution in [-0.2, 0) is 24.9 Å². The van der Waals surface area contributed by atoms with Gasteiger partial charge in [-0.2, -0.15) is 11.8 Å². The summed E-state index contributed by atoms with van der Waals surface area (Å²) in [6.45, 7) is 0.705. The van der Waals surface area contributed by atoms with Crippen LogP contribution < -0.4 is 5.32 Å². The second kappa shape index (κ2) is 14.2. The molecule has 0 spiro atoms. The molecule has 2 aliphatic heterocycles. The van der Waals surface area contributed by atoms with E-state index < -0.39 is 5.92 Å². The van der Waals surface area contributed by atoms with Gasteiger partial charge in [-0.05, 0) is 37.7 Å². The van der Waals surface area contributed by atoms with E-state index in [4.69, 9.17) is 4.74 Å². The monoisotopic (exact) mass is 488 g/mol. The van der Waals surface area contributed by atoms with E-state index in [1.54, 1.807) is 16.7 Å². The fraction of sp³-hybridized carbons (Fsp3) is 0.577. The van der Waals surface area contributed by atoms with Crippen molar-refractivity contribution in [3.63, 3.8) is 0 Å². The van der Waals surface area contributed by atoms with E-state index >= 15 is 0 Å². The van der Waals surface area contributed by atoms with Gasteiger partial charge in [0.2, 0.25) is 11.8 Å². The highest BCUT2D eigenvalue weighted by Gasteiger charge is 2.31. The van der Waals surface area contributed by atoms with Gasteiger partial charge in [0.15, 0.2) is 0 Å². The molecule has 3 atom stereocenters. The van der Waals surface area contributed by atoms with Crippen LogP contribution in [0.15, 0.2) is 42.5 Å².